The minimum Gasteiger partial charge on any atom is -0.469 e. The summed E-state index contributed by atoms with van der Waals surface area (Å²) < 4.78 is 17.6. The summed E-state index contributed by atoms with van der Waals surface area (Å²) >= 11 is 0. The molecule has 0 aliphatic carbocycles. The number of halogens is 1. The number of carbonyl (C=O) groups excluding carboxylic acids is 2. The summed E-state index contributed by atoms with van der Waals surface area (Å²) in [6.45, 7) is 2.07. The highest BCUT2D eigenvalue weighted by atomic mass is 19.1. The van der Waals surface area contributed by atoms with E-state index in [-0.39, 0.29) is 18.1 Å². The molecule has 0 heterocycles. The highest BCUT2D eigenvalue weighted by Crippen LogP contribution is 2.18. The second-order valence-corrected chi connectivity index (χ2v) is 4.91. The number of methoxy groups -OCH3 is 1. The molecule has 1 rings (SSSR count). The van der Waals surface area contributed by atoms with Gasteiger partial charge in [0.2, 0.25) is 5.91 Å². The number of nitrogens with one attached hydrogen (secondary N) is 1. The summed E-state index contributed by atoms with van der Waals surface area (Å²) in [7, 11) is 1.30. The van der Waals surface area contributed by atoms with Gasteiger partial charge in [0.15, 0.2) is 0 Å². The molecule has 21 heavy (non-hydrogen) atoms. The fourth-order valence-electron chi connectivity index (χ4n) is 2.00. The highest BCUT2D eigenvalue weighted by molar-refractivity contribution is 5.78. The van der Waals surface area contributed by atoms with Crippen molar-refractivity contribution in [1.29, 1.82) is 0 Å². The van der Waals surface area contributed by atoms with E-state index in [9.17, 15) is 14.0 Å². The van der Waals surface area contributed by atoms with Crippen LogP contribution in [0.4, 0.5) is 4.39 Å². The van der Waals surface area contributed by atoms with Crippen LogP contribution in [0.3, 0.4) is 0 Å². The first-order chi connectivity index (χ1) is 10.1. The van der Waals surface area contributed by atoms with Crippen molar-refractivity contribution in [3.63, 3.8) is 0 Å². The molecule has 0 saturated heterocycles. The Kier molecular flexibility index (Phi) is 7.43. The van der Waals surface area contributed by atoms with E-state index in [1.165, 1.54) is 19.2 Å². The standard InChI is InChI=1S/C16H22FNO3/c1-3-4-5-6-15(19)18-14(11-16(20)21-2)12-7-9-13(17)10-8-12/h7-10,14H,3-6,11H2,1-2H3,(H,18,19)/t14-/m1/s1. The van der Waals surface area contributed by atoms with Crippen LogP contribution in [0.15, 0.2) is 24.3 Å². The Morgan fingerprint density at radius 2 is 1.90 bits per heavy atom. The first-order valence-corrected chi connectivity index (χ1v) is 7.18. The average Bonchev–Trinajstić information content (AvgIpc) is 2.47. The summed E-state index contributed by atoms with van der Waals surface area (Å²) in [4.78, 5) is 23.4. The van der Waals surface area contributed by atoms with E-state index in [0.717, 1.165) is 19.3 Å². The minimum absolute atomic E-state index is 0.0294. The van der Waals surface area contributed by atoms with Gasteiger partial charge >= 0.3 is 5.97 Å². The zero-order chi connectivity index (χ0) is 15.7. The van der Waals surface area contributed by atoms with E-state index in [1.54, 1.807) is 12.1 Å². The summed E-state index contributed by atoms with van der Waals surface area (Å²) in [6, 6.07) is 5.25. The van der Waals surface area contributed by atoms with Crippen molar-refractivity contribution in [3.8, 4) is 0 Å². The third-order valence-electron chi connectivity index (χ3n) is 3.21. The Morgan fingerprint density at radius 1 is 1.24 bits per heavy atom. The van der Waals surface area contributed by atoms with Crippen LogP contribution in [-0.2, 0) is 14.3 Å². The lowest BCUT2D eigenvalue weighted by Gasteiger charge is -2.18. The zero-order valence-electron chi connectivity index (χ0n) is 12.5. The summed E-state index contributed by atoms with van der Waals surface area (Å²) in [5.74, 6) is -0.885. The van der Waals surface area contributed by atoms with Crippen molar-refractivity contribution in [2.75, 3.05) is 7.11 Å². The molecule has 5 heteroatoms. The van der Waals surface area contributed by atoms with Crippen LogP contribution >= 0.6 is 0 Å². The molecule has 0 spiro atoms. The Morgan fingerprint density at radius 3 is 2.48 bits per heavy atom. The molecule has 1 aromatic carbocycles. The number of amides is 1. The van der Waals surface area contributed by atoms with Gasteiger partial charge in [0.05, 0.1) is 19.6 Å². The van der Waals surface area contributed by atoms with Crippen LogP contribution in [0.2, 0.25) is 0 Å². The number of ether oxygens (including phenoxy) is 1. The van der Waals surface area contributed by atoms with E-state index in [1.807, 2.05) is 0 Å². The fraction of sp³-hybridized carbons (Fsp3) is 0.500. The van der Waals surface area contributed by atoms with E-state index >= 15 is 0 Å². The molecular weight excluding hydrogens is 273 g/mol. The number of hydrogen-bond acceptors (Lipinski definition) is 3. The van der Waals surface area contributed by atoms with Gasteiger partial charge in [-0.1, -0.05) is 31.9 Å². The van der Waals surface area contributed by atoms with Crippen molar-refractivity contribution in [2.45, 2.75) is 45.1 Å². The van der Waals surface area contributed by atoms with E-state index in [4.69, 9.17) is 0 Å². The van der Waals surface area contributed by atoms with E-state index in [2.05, 4.69) is 17.0 Å². The molecule has 0 saturated carbocycles. The lowest BCUT2D eigenvalue weighted by Crippen LogP contribution is -2.30. The minimum atomic E-state index is -0.493. The van der Waals surface area contributed by atoms with Crippen LogP contribution in [0, 0.1) is 5.82 Å². The molecule has 116 valence electrons. The Hall–Kier alpha value is -1.91. The smallest absolute Gasteiger partial charge is 0.307 e. The van der Waals surface area contributed by atoms with Crippen LogP contribution in [0.25, 0.3) is 0 Å². The molecule has 0 aromatic heterocycles. The maximum absolute atomic E-state index is 13.0. The lowest BCUT2D eigenvalue weighted by atomic mass is 10.0. The molecule has 0 fully saturated rings. The van der Waals surface area contributed by atoms with Crippen LogP contribution < -0.4 is 5.32 Å². The molecule has 1 aromatic rings. The first-order valence-electron chi connectivity index (χ1n) is 7.18. The molecule has 1 N–H and O–H groups in total. The van der Waals surface area contributed by atoms with Crippen molar-refractivity contribution in [2.24, 2.45) is 0 Å². The second-order valence-electron chi connectivity index (χ2n) is 4.91. The molecule has 0 aliphatic rings. The van der Waals surface area contributed by atoms with Gasteiger partial charge in [-0.05, 0) is 24.1 Å². The first kappa shape index (κ1) is 17.1. The second kappa shape index (κ2) is 9.10. The van der Waals surface area contributed by atoms with Crippen molar-refractivity contribution in [3.05, 3.63) is 35.6 Å². The zero-order valence-corrected chi connectivity index (χ0v) is 12.5. The van der Waals surface area contributed by atoms with E-state index < -0.39 is 12.0 Å². The molecular formula is C16H22FNO3. The summed E-state index contributed by atoms with van der Waals surface area (Å²) in [5.41, 5.74) is 0.686. The quantitative estimate of drug-likeness (QED) is 0.592. The van der Waals surface area contributed by atoms with Gasteiger partial charge in [0, 0.05) is 6.42 Å². The number of carbonyl (C=O) groups is 2. The van der Waals surface area contributed by atoms with Gasteiger partial charge in [-0.3, -0.25) is 9.59 Å². The molecule has 1 amide bonds. The van der Waals surface area contributed by atoms with E-state index in [0.29, 0.717) is 12.0 Å². The van der Waals surface area contributed by atoms with Gasteiger partial charge in [0.1, 0.15) is 5.82 Å². The number of unbranched alkanes of at least 4 members (excludes halogenated alkanes) is 2. The van der Waals surface area contributed by atoms with Gasteiger partial charge in [-0.2, -0.15) is 0 Å². The number of esters is 1. The van der Waals surface area contributed by atoms with Gasteiger partial charge in [0.25, 0.3) is 0 Å². The fourth-order valence-corrected chi connectivity index (χ4v) is 2.00. The Balaban J connectivity index is 2.70. The Bertz CT molecular complexity index is 459. The summed E-state index contributed by atoms with van der Waals surface area (Å²) in [6.07, 6.45) is 3.30. The predicted molar refractivity (Wildman–Crippen MR) is 78.1 cm³/mol. The Labute approximate surface area is 124 Å². The van der Waals surface area contributed by atoms with Gasteiger partial charge < -0.3 is 10.1 Å². The maximum atomic E-state index is 13.0. The third kappa shape index (κ3) is 6.38. The molecule has 1 atom stereocenters. The lowest BCUT2D eigenvalue weighted by molar-refractivity contribution is -0.141. The topological polar surface area (TPSA) is 55.4 Å². The average molecular weight is 295 g/mol. The predicted octanol–water partition coefficient (Wildman–Crippen LogP) is 3.13. The van der Waals surface area contributed by atoms with Crippen LogP contribution in [0.5, 0.6) is 0 Å². The normalized spacial score (nSPS) is 11.8. The van der Waals surface area contributed by atoms with Crippen molar-refractivity contribution < 1.29 is 18.7 Å². The molecule has 4 nitrogen and oxygen atoms in total. The van der Waals surface area contributed by atoms with Crippen molar-refractivity contribution >= 4 is 11.9 Å². The highest BCUT2D eigenvalue weighted by Gasteiger charge is 2.18. The largest absolute Gasteiger partial charge is 0.469 e. The van der Waals surface area contributed by atoms with Gasteiger partial charge in [-0.15, -0.1) is 0 Å². The van der Waals surface area contributed by atoms with Crippen LogP contribution in [0.1, 0.15) is 50.6 Å². The van der Waals surface area contributed by atoms with Crippen LogP contribution in [-0.4, -0.2) is 19.0 Å². The van der Waals surface area contributed by atoms with Gasteiger partial charge in [-0.25, -0.2) is 4.39 Å². The molecule has 0 radical (unpaired) electrons. The summed E-state index contributed by atoms with van der Waals surface area (Å²) in [5, 5.41) is 2.81. The molecule has 0 bridgehead atoms. The number of rotatable bonds is 8. The number of hydrogen-bond donors (Lipinski definition) is 1. The maximum Gasteiger partial charge on any atom is 0.307 e. The third-order valence-corrected chi connectivity index (χ3v) is 3.21. The SMILES string of the molecule is CCCCCC(=O)N[C@H](CC(=O)OC)c1ccc(F)cc1. The number of benzene rings is 1. The van der Waals surface area contributed by atoms with Crippen molar-refractivity contribution in [1.82, 2.24) is 5.32 Å². The molecule has 0 unspecified atom stereocenters. The molecule has 0 aliphatic heterocycles. The monoisotopic (exact) mass is 295 g/mol.